The van der Waals surface area contributed by atoms with Crippen LogP contribution in [0.5, 0.6) is 0 Å². The van der Waals surface area contributed by atoms with Crippen molar-refractivity contribution in [3.63, 3.8) is 0 Å². The zero-order chi connectivity index (χ0) is 26.4. The number of aryl methyl sites for hydroxylation is 1. The van der Waals surface area contributed by atoms with E-state index in [0.29, 0.717) is 42.3 Å². The second-order valence-electron chi connectivity index (χ2n) is 10.7. The van der Waals surface area contributed by atoms with Gasteiger partial charge in [-0.05, 0) is 36.6 Å². The number of aromatic nitrogens is 6. The van der Waals surface area contributed by atoms with Gasteiger partial charge in [0.15, 0.2) is 5.69 Å². The van der Waals surface area contributed by atoms with Gasteiger partial charge in [0, 0.05) is 31.0 Å². The van der Waals surface area contributed by atoms with Gasteiger partial charge in [0.05, 0.1) is 60.3 Å². The molecular formula is C26H29N9O3. The Morgan fingerprint density at radius 1 is 1.16 bits per heavy atom. The smallest absolute Gasteiger partial charge is 0.278 e. The summed E-state index contributed by atoms with van der Waals surface area (Å²) in [5, 5.41) is 18.6. The first-order chi connectivity index (χ1) is 18.2. The Kier molecular flexibility index (Phi) is 5.92. The summed E-state index contributed by atoms with van der Waals surface area (Å²) in [6.07, 6.45) is 5.31. The maximum atomic E-state index is 13.1. The molecule has 6 rings (SSSR count). The highest BCUT2D eigenvalue weighted by molar-refractivity contribution is 6.08. The fraction of sp³-hybridized carbons (Fsp3) is 0.385. The highest BCUT2D eigenvalue weighted by Crippen LogP contribution is 2.28. The Hall–Kier alpha value is -4.16. The number of amides is 2. The Balaban J connectivity index is 1.14. The van der Waals surface area contributed by atoms with Crippen LogP contribution in [-0.4, -0.2) is 79.2 Å². The van der Waals surface area contributed by atoms with Gasteiger partial charge in [0.2, 0.25) is 5.91 Å². The number of pyridine rings is 2. The van der Waals surface area contributed by atoms with Gasteiger partial charge in [-0.15, -0.1) is 5.10 Å². The van der Waals surface area contributed by atoms with E-state index in [-0.39, 0.29) is 23.1 Å². The van der Waals surface area contributed by atoms with Gasteiger partial charge in [0.25, 0.3) is 5.91 Å². The molecule has 0 unspecified atom stereocenters. The second kappa shape index (κ2) is 9.30. The minimum absolute atomic E-state index is 0.116. The minimum atomic E-state index is -0.418. The third-order valence-corrected chi connectivity index (χ3v) is 6.82. The predicted molar refractivity (Wildman–Crippen MR) is 140 cm³/mol. The third-order valence-electron chi connectivity index (χ3n) is 6.82. The molecule has 6 heterocycles. The Labute approximate surface area is 219 Å². The molecule has 0 saturated carbocycles. The summed E-state index contributed by atoms with van der Waals surface area (Å²) in [4.78, 5) is 32.0. The minimum Gasteiger partial charge on any atom is -0.377 e. The lowest BCUT2D eigenvalue weighted by Gasteiger charge is -2.45. The summed E-state index contributed by atoms with van der Waals surface area (Å²) >= 11 is 0. The van der Waals surface area contributed by atoms with Crippen LogP contribution in [0.25, 0.3) is 16.8 Å². The number of likely N-dealkylation sites (tertiary alicyclic amines) is 1. The van der Waals surface area contributed by atoms with Gasteiger partial charge in [0.1, 0.15) is 0 Å². The zero-order valence-electron chi connectivity index (χ0n) is 21.5. The number of hydrogen-bond acceptors (Lipinski definition) is 8. The number of hydrogen-bond donors (Lipinski definition) is 2. The molecule has 196 valence electrons. The van der Waals surface area contributed by atoms with E-state index in [1.54, 1.807) is 36.0 Å². The Bertz CT molecular complexity index is 1530. The molecule has 2 saturated heterocycles. The van der Waals surface area contributed by atoms with E-state index in [1.807, 2.05) is 23.0 Å². The third kappa shape index (κ3) is 4.75. The average molecular weight is 516 g/mol. The van der Waals surface area contributed by atoms with E-state index in [0.717, 1.165) is 24.3 Å². The van der Waals surface area contributed by atoms with E-state index in [9.17, 15) is 9.59 Å². The fourth-order valence-electron chi connectivity index (χ4n) is 4.87. The molecule has 4 aromatic rings. The first-order valence-corrected chi connectivity index (χ1v) is 12.5. The number of carbonyl (C=O) groups is 2. The largest absolute Gasteiger partial charge is 0.377 e. The monoisotopic (exact) mass is 515 g/mol. The summed E-state index contributed by atoms with van der Waals surface area (Å²) in [5.41, 5.74) is 4.28. The molecule has 0 aliphatic carbocycles. The van der Waals surface area contributed by atoms with Crippen molar-refractivity contribution in [1.82, 2.24) is 34.5 Å². The molecule has 12 nitrogen and oxygen atoms in total. The quantitative estimate of drug-likeness (QED) is 0.384. The standard InChI is InChI=1S/C26H29N9O3/c1-16-21(8-18(9-27-16)28-23(36)11-33-14-26(2,3)15-33)29-25(37)24-22-5-4-17(10-35(22)32-30-24)20-6-7-34(31-20)19-12-38-13-19/h4-10,19H,11-15H2,1-3H3,(H,28,36)(H,29,37). The molecule has 0 spiro atoms. The molecule has 0 radical (unpaired) electrons. The van der Waals surface area contributed by atoms with Gasteiger partial charge in [-0.3, -0.25) is 24.2 Å². The van der Waals surface area contributed by atoms with E-state index < -0.39 is 5.91 Å². The lowest BCUT2D eigenvalue weighted by molar-refractivity contribution is -0.120. The lowest BCUT2D eigenvalue weighted by atomic mass is 9.84. The van der Waals surface area contributed by atoms with Crippen molar-refractivity contribution < 1.29 is 14.3 Å². The second-order valence-corrected chi connectivity index (χ2v) is 10.7. The van der Waals surface area contributed by atoms with E-state index in [2.05, 4.69) is 49.8 Å². The van der Waals surface area contributed by atoms with Crippen molar-refractivity contribution in [2.24, 2.45) is 5.41 Å². The van der Waals surface area contributed by atoms with Gasteiger partial charge < -0.3 is 15.4 Å². The Morgan fingerprint density at radius 2 is 1.97 bits per heavy atom. The lowest BCUT2D eigenvalue weighted by Crippen LogP contribution is -2.54. The van der Waals surface area contributed by atoms with Gasteiger partial charge >= 0.3 is 0 Å². The first kappa shape index (κ1) is 24.2. The molecule has 2 fully saturated rings. The normalized spacial score (nSPS) is 17.1. The van der Waals surface area contributed by atoms with Crippen LogP contribution < -0.4 is 10.6 Å². The van der Waals surface area contributed by atoms with Crippen LogP contribution in [0.1, 0.15) is 36.1 Å². The topological polar surface area (TPSA) is 132 Å². The predicted octanol–water partition coefficient (Wildman–Crippen LogP) is 2.40. The molecule has 0 aromatic carbocycles. The molecule has 38 heavy (non-hydrogen) atoms. The number of fused-ring (bicyclic) bond motifs is 1. The van der Waals surface area contributed by atoms with Crippen molar-refractivity contribution in [3.05, 3.63) is 54.2 Å². The number of anilines is 2. The van der Waals surface area contributed by atoms with Gasteiger partial charge in [-0.25, -0.2) is 4.52 Å². The molecule has 2 aliphatic rings. The van der Waals surface area contributed by atoms with Crippen LogP contribution in [0.2, 0.25) is 0 Å². The van der Waals surface area contributed by atoms with Crippen LogP contribution in [0, 0.1) is 12.3 Å². The van der Waals surface area contributed by atoms with Gasteiger partial charge in [-0.2, -0.15) is 5.10 Å². The van der Waals surface area contributed by atoms with Crippen molar-refractivity contribution >= 4 is 28.7 Å². The van der Waals surface area contributed by atoms with Crippen molar-refractivity contribution in [2.45, 2.75) is 26.8 Å². The summed E-state index contributed by atoms with van der Waals surface area (Å²) in [6, 6.07) is 7.60. The van der Waals surface area contributed by atoms with Crippen molar-refractivity contribution in [2.75, 3.05) is 43.5 Å². The maximum Gasteiger partial charge on any atom is 0.278 e. The highest BCUT2D eigenvalue weighted by atomic mass is 16.5. The van der Waals surface area contributed by atoms with Crippen LogP contribution in [0.15, 0.2) is 42.9 Å². The van der Waals surface area contributed by atoms with E-state index in [4.69, 9.17) is 4.74 Å². The summed E-state index contributed by atoms with van der Waals surface area (Å²) in [6.45, 7) is 9.59. The number of nitrogens with one attached hydrogen (secondary N) is 2. The molecule has 0 atom stereocenters. The number of ether oxygens (including phenoxy) is 1. The molecule has 2 amide bonds. The van der Waals surface area contributed by atoms with Crippen LogP contribution >= 0.6 is 0 Å². The maximum absolute atomic E-state index is 13.1. The van der Waals surface area contributed by atoms with Crippen molar-refractivity contribution in [1.29, 1.82) is 0 Å². The van der Waals surface area contributed by atoms with Crippen LogP contribution in [0.3, 0.4) is 0 Å². The molecule has 12 heteroatoms. The molecule has 2 aliphatic heterocycles. The summed E-state index contributed by atoms with van der Waals surface area (Å²) in [7, 11) is 0. The summed E-state index contributed by atoms with van der Waals surface area (Å²) < 4.78 is 8.71. The molecule has 2 N–H and O–H groups in total. The van der Waals surface area contributed by atoms with Crippen molar-refractivity contribution in [3.8, 4) is 11.3 Å². The molecule has 0 bridgehead atoms. The first-order valence-electron chi connectivity index (χ1n) is 12.5. The number of nitrogens with zero attached hydrogens (tertiary/aromatic N) is 7. The van der Waals surface area contributed by atoms with Gasteiger partial charge in [-0.1, -0.05) is 19.1 Å². The average Bonchev–Trinajstić information content (AvgIpc) is 3.46. The van der Waals surface area contributed by atoms with E-state index >= 15 is 0 Å². The summed E-state index contributed by atoms with van der Waals surface area (Å²) in [5.74, 6) is -0.535. The number of carbonyl (C=O) groups excluding carboxylic acids is 2. The van der Waals surface area contributed by atoms with E-state index in [1.165, 1.54) is 0 Å². The zero-order valence-corrected chi connectivity index (χ0v) is 21.5. The van der Waals surface area contributed by atoms with Crippen LogP contribution in [0.4, 0.5) is 11.4 Å². The Morgan fingerprint density at radius 3 is 2.71 bits per heavy atom. The number of rotatable bonds is 7. The molecule has 4 aromatic heterocycles. The van der Waals surface area contributed by atoms with Crippen LogP contribution in [-0.2, 0) is 9.53 Å². The highest BCUT2D eigenvalue weighted by Gasteiger charge is 2.34. The molecular weight excluding hydrogens is 486 g/mol. The fourth-order valence-corrected chi connectivity index (χ4v) is 4.87. The SMILES string of the molecule is Cc1ncc(NC(=O)CN2CC(C)(C)C2)cc1NC(=O)c1nnn2cc(-c3ccn(C4COC4)n3)ccc12.